The Balaban J connectivity index is 0.000000112. The van der Waals surface area contributed by atoms with E-state index >= 15 is 0 Å². The SMILES string of the molecule is c1ccc(-c2cc(-c3ccccc3)cc(-c3nc(-c4ccc(-c5nc(-c6ccccc6)c6sc7ccccc7c6n5)cc4)c4ccccc4n3)c2)cc1.c1ccc(-c2ccc(-c3nc(-c4ccc(-c5nc(-c6ccccc6)c6sc7ccccc7c6n5)cc4)c4ccccc4n3)cc2)cc1.c1ccc(-c2nc(-c3ccc(-c4nc(-c5ccccc5)c5sc6ccccc6c5n4)cc3)c3ccccc3n2)cc1. The van der Waals surface area contributed by atoms with E-state index in [1.54, 1.807) is 34.0 Å². The average Bonchev–Trinajstić information content (AvgIpc) is 1.63. The van der Waals surface area contributed by atoms with Gasteiger partial charge < -0.3 is 0 Å². The molecule has 0 atom stereocenters. The molecule has 141 heavy (non-hydrogen) atoms. The standard InChI is InChI=1S/C48H30N4S.C42H26N4S.C36H22N4S/c1-4-14-31(15-5-1)36-28-37(32-16-6-2-7-17-32)30-38(29-36)48-49-41-22-12-10-20-39(41)43(50-48)34-24-26-35(27-25-34)47-51-44(33-18-8-3-9-19-33)46-45(52-47)40-21-11-13-23-42(40)53-46;1-3-11-27(12-4-1)28-19-23-31(24-20-28)41-43-35-17-9-7-15-33(35)37(44-41)30-21-25-32(26-22-30)42-45-38(29-13-5-2-6-14-29)40-39(46-42)34-16-8-10-18-36(34)47-40;1-3-11-23(12-4-1)32-34-33(28-16-8-10-18-30(28)41-34)40-36(39-32)26-21-19-24(20-22-26)31-27-15-7-9-17-29(27)37-35(38-31)25-13-5-2-6-14-25/h1-30H;1-26H;1-22H. The van der Waals surface area contributed by atoms with Crippen molar-refractivity contribution in [3.05, 3.63) is 473 Å². The summed E-state index contributed by atoms with van der Waals surface area (Å²) >= 11 is 5.24. The number of para-hydroxylation sites is 3. The third-order valence-electron chi connectivity index (χ3n) is 25.5. The fourth-order valence-corrected chi connectivity index (χ4v) is 22.0. The zero-order valence-corrected chi connectivity index (χ0v) is 78.1. The van der Waals surface area contributed by atoms with Gasteiger partial charge in [0.15, 0.2) is 34.9 Å². The fraction of sp³-hybridized carbons (Fsp3) is 0. The smallest absolute Gasteiger partial charge is 0.160 e. The second-order valence-electron chi connectivity index (χ2n) is 34.4. The molecule has 27 rings (SSSR count). The highest BCUT2D eigenvalue weighted by Gasteiger charge is 2.24. The van der Waals surface area contributed by atoms with Crippen LogP contribution in [0.4, 0.5) is 0 Å². The van der Waals surface area contributed by atoms with Gasteiger partial charge in [0.2, 0.25) is 0 Å². The largest absolute Gasteiger partial charge is 0.228 e. The van der Waals surface area contributed by atoms with Crippen molar-refractivity contribution in [1.29, 1.82) is 0 Å². The van der Waals surface area contributed by atoms with Gasteiger partial charge in [-0.3, -0.25) is 0 Å². The summed E-state index contributed by atoms with van der Waals surface area (Å²) in [4.78, 5) is 61.2. The number of benzene rings is 18. The van der Waals surface area contributed by atoms with Crippen LogP contribution in [0.25, 0.3) is 263 Å². The molecule has 18 aromatic carbocycles. The summed E-state index contributed by atoms with van der Waals surface area (Å²) in [6, 6.07) is 163. The van der Waals surface area contributed by atoms with Gasteiger partial charge in [-0.25, -0.2) is 59.8 Å². The third-order valence-corrected chi connectivity index (χ3v) is 29.0. The summed E-state index contributed by atoms with van der Waals surface area (Å²) < 4.78 is 6.95. The molecule has 9 heterocycles. The first-order valence-corrected chi connectivity index (χ1v) is 49.1. The van der Waals surface area contributed by atoms with E-state index in [1.165, 1.54) is 19.7 Å². The lowest BCUT2D eigenvalue weighted by atomic mass is 9.95. The summed E-state index contributed by atoms with van der Waals surface area (Å²) in [6.45, 7) is 0. The number of thiophene rings is 3. The highest BCUT2D eigenvalue weighted by molar-refractivity contribution is 7.27. The number of aromatic nitrogens is 12. The van der Waals surface area contributed by atoms with Gasteiger partial charge in [-0.15, -0.1) is 34.0 Å². The van der Waals surface area contributed by atoms with Crippen molar-refractivity contribution in [3.63, 3.8) is 0 Å². The van der Waals surface area contributed by atoms with Crippen LogP contribution in [0.3, 0.4) is 0 Å². The Morgan fingerprint density at radius 3 is 0.603 bits per heavy atom. The summed E-state index contributed by atoms with van der Waals surface area (Å²) in [5, 5.41) is 6.50. The van der Waals surface area contributed by atoms with Gasteiger partial charge in [0.05, 0.1) is 81.4 Å². The van der Waals surface area contributed by atoms with Crippen LogP contribution in [0, 0.1) is 0 Å². The minimum absolute atomic E-state index is 0.684. The summed E-state index contributed by atoms with van der Waals surface area (Å²) in [7, 11) is 0. The molecule has 0 radical (unpaired) electrons. The molecule has 0 N–H and O–H groups in total. The second kappa shape index (κ2) is 37.2. The highest BCUT2D eigenvalue weighted by atomic mass is 32.1. The van der Waals surface area contributed by atoms with E-state index in [-0.39, 0.29) is 0 Å². The fourth-order valence-electron chi connectivity index (χ4n) is 18.5. The van der Waals surface area contributed by atoms with Crippen LogP contribution >= 0.6 is 34.0 Å². The molecule has 0 saturated heterocycles. The van der Waals surface area contributed by atoms with Crippen molar-refractivity contribution < 1.29 is 0 Å². The minimum Gasteiger partial charge on any atom is -0.228 e. The molecular formula is C126H78N12S3. The lowest BCUT2D eigenvalue weighted by Gasteiger charge is -2.13. The Morgan fingerprint density at radius 1 is 0.121 bits per heavy atom. The molecule has 0 saturated carbocycles. The Hall–Kier alpha value is -18.1. The predicted octanol–water partition coefficient (Wildman–Crippen LogP) is 33.4. The number of nitrogens with zero attached hydrogens (tertiary/aromatic N) is 12. The Bertz CT molecular complexity index is 9310. The van der Waals surface area contributed by atoms with E-state index in [0.29, 0.717) is 34.9 Å². The summed E-state index contributed by atoms with van der Waals surface area (Å²) in [5.74, 6) is 4.22. The summed E-state index contributed by atoms with van der Waals surface area (Å²) in [6.07, 6.45) is 0. The van der Waals surface area contributed by atoms with Crippen molar-refractivity contribution >= 4 is 128 Å². The van der Waals surface area contributed by atoms with Crippen LogP contribution in [-0.2, 0) is 0 Å². The van der Waals surface area contributed by atoms with Gasteiger partial charge in [-0.2, -0.15) is 0 Å². The molecule has 15 heteroatoms. The quantitative estimate of drug-likeness (QED) is 0.0959. The van der Waals surface area contributed by atoms with Crippen molar-refractivity contribution in [2.24, 2.45) is 0 Å². The van der Waals surface area contributed by atoms with Crippen molar-refractivity contribution in [2.45, 2.75) is 0 Å². The number of fused-ring (bicyclic) bond motifs is 12. The van der Waals surface area contributed by atoms with Gasteiger partial charge in [0, 0.05) is 113 Å². The zero-order valence-electron chi connectivity index (χ0n) is 75.6. The van der Waals surface area contributed by atoms with Crippen molar-refractivity contribution in [3.8, 4) is 169 Å². The Kier molecular flexibility index (Phi) is 22.3. The first kappa shape index (κ1) is 84.6. The number of hydrogen-bond donors (Lipinski definition) is 0. The molecular weight excluding hydrogens is 1780 g/mol. The van der Waals surface area contributed by atoms with Crippen molar-refractivity contribution in [2.75, 3.05) is 0 Å². The molecule has 9 aromatic heterocycles. The van der Waals surface area contributed by atoms with E-state index in [1.807, 2.05) is 109 Å². The van der Waals surface area contributed by atoms with Crippen LogP contribution in [0.1, 0.15) is 0 Å². The maximum absolute atomic E-state index is 5.29. The number of rotatable bonds is 15. The topological polar surface area (TPSA) is 155 Å². The van der Waals surface area contributed by atoms with Crippen LogP contribution in [-0.4, -0.2) is 59.8 Å². The molecule has 0 aliphatic rings. The van der Waals surface area contributed by atoms with Gasteiger partial charge in [-0.05, 0) is 88.0 Å². The van der Waals surface area contributed by atoms with Gasteiger partial charge in [0.1, 0.15) is 0 Å². The Labute approximate surface area is 823 Å². The maximum atomic E-state index is 5.29. The third kappa shape index (κ3) is 16.7. The van der Waals surface area contributed by atoms with E-state index in [0.717, 1.165) is 208 Å². The number of hydrogen-bond acceptors (Lipinski definition) is 15. The van der Waals surface area contributed by atoms with Gasteiger partial charge in [0.25, 0.3) is 0 Å². The lowest BCUT2D eigenvalue weighted by Crippen LogP contribution is -1.97. The van der Waals surface area contributed by atoms with Crippen LogP contribution in [0.2, 0.25) is 0 Å². The molecule has 0 amide bonds. The van der Waals surface area contributed by atoms with Crippen molar-refractivity contribution in [1.82, 2.24) is 59.8 Å². The molecule has 12 nitrogen and oxygen atoms in total. The first-order valence-electron chi connectivity index (χ1n) is 46.7. The van der Waals surface area contributed by atoms with Crippen LogP contribution < -0.4 is 0 Å². The second-order valence-corrected chi connectivity index (χ2v) is 37.6. The maximum Gasteiger partial charge on any atom is 0.160 e. The van der Waals surface area contributed by atoms with Crippen LogP contribution in [0.15, 0.2) is 473 Å². The van der Waals surface area contributed by atoms with Crippen LogP contribution in [0.5, 0.6) is 0 Å². The molecule has 0 bridgehead atoms. The van der Waals surface area contributed by atoms with E-state index in [9.17, 15) is 0 Å². The molecule has 0 fully saturated rings. The zero-order chi connectivity index (χ0) is 93.5. The van der Waals surface area contributed by atoms with Gasteiger partial charge in [-0.1, -0.05) is 419 Å². The molecule has 660 valence electrons. The molecule has 27 aromatic rings. The normalized spacial score (nSPS) is 11.4. The van der Waals surface area contributed by atoms with E-state index in [2.05, 4.69) is 364 Å². The molecule has 0 aliphatic heterocycles. The molecule has 0 aliphatic carbocycles. The first-order chi connectivity index (χ1) is 69.8. The lowest BCUT2D eigenvalue weighted by molar-refractivity contribution is 1.22. The summed E-state index contributed by atoms with van der Waals surface area (Å²) in [5.41, 5.74) is 30.2. The Morgan fingerprint density at radius 2 is 0.305 bits per heavy atom. The highest BCUT2D eigenvalue weighted by Crippen LogP contribution is 2.46. The minimum atomic E-state index is 0.684. The molecule has 0 spiro atoms. The van der Waals surface area contributed by atoms with E-state index < -0.39 is 0 Å². The van der Waals surface area contributed by atoms with Gasteiger partial charge >= 0.3 is 0 Å². The monoisotopic (exact) mass is 1850 g/mol. The van der Waals surface area contributed by atoms with E-state index in [4.69, 9.17) is 59.8 Å². The molecule has 0 unspecified atom stereocenters. The average molecular weight is 1860 g/mol. The predicted molar refractivity (Wildman–Crippen MR) is 586 cm³/mol.